The predicted octanol–water partition coefficient (Wildman–Crippen LogP) is 6.95. The summed E-state index contributed by atoms with van der Waals surface area (Å²) in [6, 6.07) is 0. The van der Waals surface area contributed by atoms with Crippen LogP contribution in [0, 0.1) is 5.41 Å². The van der Waals surface area contributed by atoms with E-state index >= 15 is 0 Å². The largest absolute Gasteiger partial charge is 0.127 e. The van der Waals surface area contributed by atoms with Crippen LogP contribution >= 0.6 is 11.6 Å². The minimum Gasteiger partial charge on any atom is -0.127 e. The molecule has 0 aromatic carbocycles. The van der Waals surface area contributed by atoms with Crippen LogP contribution in [0.4, 0.5) is 0 Å². The Bertz CT molecular complexity index is 157. The lowest BCUT2D eigenvalue weighted by Gasteiger charge is -2.17. The molecule has 0 aliphatic heterocycles. The molecule has 0 N–H and O–H groups in total. The molecule has 0 spiro atoms. The average molecular weight is 275 g/mol. The van der Waals surface area contributed by atoms with E-state index in [1.807, 2.05) is 0 Å². The third kappa shape index (κ3) is 16.3. The topological polar surface area (TPSA) is 0 Å². The van der Waals surface area contributed by atoms with Crippen LogP contribution in [0.2, 0.25) is 0 Å². The number of alkyl halides is 1. The second-order valence-electron chi connectivity index (χ2n) is 6.89. The van der Waals surface area contributed by atoms with E-state index in [0.717, 1.165) is 5.88 Å². The van der Waals surface area contributed by atoms with Crippen molar-refractivity contribution in [3.05, 3.63) is 0 Å². The van der Waals surface area contributed by atoms with Gasteiger partial charge in [0.25, 0.3) is 0 Å². The van der Waals surface area contributed by atoms with E-state index in [-0.39, 0.29) is 0 Å². The first-order valence-corrected chi connectivity index (χ1v) is 8.66. The maximum absolute atomic E-state index is 5.65. The Morgan fingerprint density at radius 2 is 0.889 bits per heavy atom. The van der Waals surface area contributed by atoms with Crippen molar-refractivity contribution in [2.45, 2.75) is 97.8 Å². The van der Waals surface area contributed by atoms with Crippen molar-refractivity contribution in [2.24, 2.45) is 5.41 Å². The molecule has 0 saturated carbocycles. The standard InChI is InChI=1S/C17H35Cl/c1-17(2,3)15-13-11-9-7-5-4-6-8-10-12-14-16-18/h4-16H2,1-3H3. The first kappa shape index (κ1) is 18.3. The minimum absolute atomic E-state index is 0.531. The number of hydrogen-bond acceptors (Lipinski definition) is 0. The van der Waals surface area contributed by atoms with Gasteiger partial charge in [0.1, 0.15) is 0 Å². The summed E-state index contributed by atoms with van der Waals surface area (Å²) >= 11 is 5.65. The highest BCUT2D eigenvalue weighted by atomic mass is 35.5. The molecule has 0 atom stereocenters. The van der Waals surface area contributed by atoms with Gasteiger partial charge in [0, 0.05) is 5.88 Å². The zero-order valence-electron chi connectivity index (χ0n) is 13.1. The van der Waals surface area contributed by atoms with Crippen molar-refractivity contribution in [3.8, 4) is 0 Å². The summed E-state index contributed by atoms with van der Waals surface area (Å²) in [4.78, 5) is 0. The van der Waals surface area contributed by atoms with Gasteiger partial charge in [-0.05, 0) is 18.3 Å². The van der Waals surface area contributed by atoms with Gasteiger partial charge in [-0.25, -0.2) is 0 Å². The lowest BCUT2D eigenvalue weighted by Crippen LogP contribution is -2.03. The Morgan fingerprint density at radius 3 is 1.22 bits per heavy atom. The molecule has 0 unspecified atom stereocenters. The Labute approximate surface area is 121 Å². The quantitative estimate of drug-likeness (QED) is 0.267. The summed E-state index contributed by atoms with van der Waals surface area (Å²) in [5.41, 5.74) is 0.531. The van der Waals surface area contributed by atoms with Gasteiger partial charge >= 0.3 is 0 Å². The molecule has 0 heterocycles. The van der Waals surface area contributed by atoms with E-state index in [1.165, 1.54) is 77.0 Å². The van der Waals surface area contributed by atoms with Gasteiger partial charge in [0.05, 0.1) is 0 Å². The van der Waals surface area contributed by atoms with Crippen LogP contribution in [-0.2, 0) is 0 Å². The summed E-state index contributed by atoms with van der Waals surface area (Å²) in [5, 5.41) is 0. The smallest absolute Gasteiger partial charge is 0.0223 e. The van der Waals surface area contributed by atoms with E-state index < -0.39 is 0 Å². The molecule has 0 aliphatic rings. The van der Waals surface area contributed by atoms with E-state index in [2.05, 4.69) is 20.8 Å². The SMILES string of the molecule is CC(C)(C)CCCCCCCCCCCCCCl. The molecule has 110 valence electrons. The summed E-state index contributed by atoms with van der Waals surface area (Å²) in [6.45, 7) is 7.03. The molecule has 0 rings (SSSR count). The van der Waals surface area contributed by atoms with Gasteiger partial charge in [-0.3, -0.25) is 0 Å². The molecule has 0 saturated heterocycles. The first-order valence-electron chi connectivity index (χ1n) is 8.12. The Morgan fingerprint density at radius 1 is 0.556 bits per heavy atom. The zero-order valence-corrected chi connectivity index (χ0v) is 13.8. The van der Waals surface area contributed by atoms with Crippen LogP contribution < -0.4 is 0 Å². The van der Waals surface area contributed by atoms with Crippen LogP contribution in [0.15, 0.2) is 0 Å². The summed E-state index contributed by atoms with van der Waals surface area (Å²) in [7, 11) is 0. The highest BCUT2D eigenvalue weighted by Crippen LogP contribution is 2.22. The summed E-state index contributed by atoms with van der Waals surface area (Å²) in [5.74, 6) is 0.842. The third-order valence-electron chi connectivity index (χ3n) is 3.56. The molecule has 0 aromatic rings. The van der Waals surface area contributed by atoms with Crippen molar-refractivity contribution in [2.75, 3.05) is 5.88 Å². The Hall–Kier alpha value is 0.290. The highest BCUT2D eigenvalue weighted by Gasteiger charge is 2.08. The van der Waals surface area contributed by atoms with E-state index in [4.69, 9.17) is 11.6 Å². The highest BCUT2D eigenvalue weighted by molar-refractivity contribution is 6.17. The fourth-order valence-corrected chi connectivity index (χ4v) is 2.53. The third-order valence-corrected chi connectivity index (χ3v) is 3.83. The Kier molecular flexibility index (Phi) is 12.5. The number of rotatable bonds is 12. The van der Waals surface area contributed by atoms with Crippen molar-refractivity contribution in [3.63, 3.8) is 0 Å². The Balaban J connectivity index is 2.99. The fourth-order valence-electron chi connectivity index (χ4n) is 2.34. The van der Waals surface area contributed by atoms with Crippen LogP contribution in [0.25, 0.3) is 0 Å². The van der Waals surface area contributed by atoms with Crippen molar-refractivity contribution in [1.82, 2.24) is 0 Å². The van der Waals surface area contributed by atoms with Crippen LogP contribution in [0.1, 0.15) is 97.8 Å². The predicted molar refractivity (Wildman–Crippen MR) is 85.6 cm³/mol. The van der Waals surface area contributed by atoms with Crippen LogP contribution in [-0.4, -0.2) is 5.88 Å². The maximum atomic E-state index is 5.65. The molecule has 0 radical (unpaired) electrons. The molecule has 0 amide bonds. The van der Waals surface area contributed by atoms with Gasteiger partial charge in [0.15, 0.2) is 0 Å². The zero-order chi connectivity index (χ0) is 13.7. The number of hydrogen-bond donors (Lipinski definition) is 0. The molecule has 0 aliphatic carbocycles. The summed E-state index contributed by atoms with van der Waals surface area (Å²) in [6.07, 6.45) is 16.8. The molecular formula is C17H35Cl. The molecule has 1 heteroatoms. The lowest BCUT2D eigenvalue weighted by molar-refractivity contribution is 0.356. The van der Waals surface area contributed by atoms with Gasteiger partial charge < -0.3 is 0 Å². The molecule has 0 aromatic heterocycles. The van der Waals surface area contributed by atoms with Crippen LogP contribution in [0.5, 0.6) is 0 Å². The minimum atomic E-state index is 0.531. The van der Waals surface area contributed by atoms with Gasteiger partial charge in [0.2, 0.25) is 0 Å². The van der Waals surface area contributed by atoms with Crippen molar-refractivity contribution in [1.29, 1.82) is 0 Å². The number of halogens is 1. The second-order valence-corrected chi connectivity index (χ2v) is 7.27. The lowest BCUT2D eigenvalue weighted by atomic mass is 9.89. The molecule has 0 bridgehead atoms. The molecule has 0 nitrogen and oxygen atoms in total. The van der Waals surface area contributed by atoms with Crippen molar-refractivity contribution < 1.29 is 0 Å². The van der Waals surface area contributed by atoms with E-state index in [9.17, 15) is 0 Å². The van der Waals surface area contributed by atoms with E-state index in [0.29, 0.717) is 5.41 Å². The maximum Gasteiger partial charge on any atom is 0.0223 e. The first-order chi connectivity index (χ1) is 8.56. The molecule has 18 heavy (non-hydrogen) atoms. The van der Waals surface area contributed by atoms with Crippen molar-refractivity contribution >= 4 is 11.6 Å². The van der Waals surface area contributed by atoms with E-state index in [1.54, 1.807) is 0 Å². The van der Waals surface area contributed by atoms with Gasteiger partial charge in [-0.1, -0.05) is 85.0 Å². The monoisotopic (exact) mass is 274 g/mol. The molecular weight excluding hydrogens is 240 g/mol. The van der Waals surface area contributed by atoms with Crippen LogP contribution in [0.3, 0.4) is 0 Å². The number of unbranched alkanes of at least 4 members (excludes halogenated alkanes) is 10. The summed E-state index contributed by atoms with van der Waals surface area (Å²) < 4.78 is 0. The average Bonchev–Trinajstić information content (AvgIpc) is 2.29. The van der Waals surface area contributed by atoms with Gasteiger partial charge in [-0.2, -0.15) is 0 Å². The second kappa shape index (κ2) is 12.3. The van der Waals surface area contributed by atoms with Gasteiger partial charge in [-0.15, -0.1) is 11.6 Å². The molecule has 0 fully saturated rings. The normalized spacial score (nSPS) is 12.0. The fraction of sp³-hybridized carbons (Fsp3) is 1.00.